The van der Waals surface area contributed by atoms with Gasteiger partial charge in [0.1, 0.15) is 13.3 Å². The topological polar surface area (TPSA) is 105 Å². The lowest BCUT2D eigenvalue weighted by molar-refractivity contribution is -0.0550. The van der Waals surface area contributed by atoms with Crippen LogP contribution in [0.25, 0.3) is 11.3 Å². The number of nitrogens with zero attached hydrogens (tertiary/aromatic N) is 4. The maximum atomic E-state index is 14.2. The number of anilines is 1. The highest BCUT2D eigenvalue weighted by molar-refractivity contribution is 7.92. The Bertz CT molecular complexity index is 1490. The smallest absolute Gasteiger partial charge is 0.268 e. The average Bonchev–Trinajstić information content (AvgIpc) is 2.93. The van der Waals surface area contributed by atoms with Crippen LogP contribution >= 0.6 is 0 Å². The van der Waals surface area contributed by atoms with Crippen molar-refractivity contribution in [1.29, 1.82) is 0 Å². The number of hydrazine groups is 1. The molecule has 226 valence electrons. The predicted octanol–water partition coefficient (Wildman–Crippen LogP) is 5.80. The first-order valence-electron chi connectivity index (χ1n) is 14.4. The molecule has 1 aliphatic heterocycles. The molecule has 1 N–H and O–H groups in total. The van der Waals surface area contributed by atoms with Crippen molar-refractivity contribution in [2.24, 2.45) is 5.92 Å². The second-order valence-electron chi connectivity index (χ2n) is 11.1. The molecule has 2 heterocycles. The number of nitrogens with one attached hydrogen (secondary N) is 1. The van der Waals surface area contributed by atoms with E-state index in [0.29, 0.717) is 18.7 Å². The van der Waals surface area contributed by atoms with Gasteiger partial charge in [0.15, 0.2) is 0 Å². The van der Waals surface area contributed by atoms with Crippen LogP contribution in [0.15, 0.2) is 53.4 Å². The van der Waals surface area contributed by atoms with Crippen LogP contribution in [0.1, 0.15) is 61.5 Å². The Kier molecular flexibility index (Phi) is 10.2. The first-order valence-corrected chi connectivity index (χ1v) is 15.9. The van der Waals surface area contributed by atoms with E-state index in [4.69, 9.17) is 4.74 Å². The third kappa shape index (κ3) is 7.25. The molecule has 0 spiro atoms. The summed E-state index contributed by atoms with van der Waals surface area (Å²) < 4.78 is 49.6. The fourth-order valence-corrected chi connectivity index (χ4v) is 6.24. The maximum absolute atomic E-state index is 14.2. The summed E-state index contributed by atoms with van der Waals surface area (Å²) in [7, 11) is -4.17. The Labute approximate surface area is 248 Å². The van der Waals surface area contributed by atoms with Gasteiger partial charge in [-0.2, -0.15) is 4.98 Å². The number of rotatable bonds is 9. The first kappa shape index (κ1) is 31.4. The zero-order valence-electron chi connectivity index (χ0n) is 24.9. The summed E-state index contributed by atoms with van der Waals surface area (Å²) in [6.45, 7) is 9.96. The molecule has 3 aromatic rings. The van der Waals surface area contributed by atoms with Gasteiger partial charge in [-0.1, -0.05) is 51.5 Å². The molecule has 0 saturated heterocycles. The minimum Gasteiger partial charge on any atom is -0.475 e. The molecule has 0 unspecified atom stereocenters. The first-order chi connectivity index (χ1) is 20.0. The molecule has 0 aliphatic carbocycles. The van der Waals surface area contributed by atoms with Crippen molar-refractivity contribution in [3.63, 3.8) is 0 Å². The average molecular weight is 598 g/mol. The Morgan fingerprint density at radius 1 is 1.10 bits per heavy atom. The second-order valence-corrected chi connectivity index (χ2v) is 12.7. The Morgan fingerprint density at radius 3 is 2.48 bits per heavy atom. The van der Waals surface area contributed by atoms with E-state index in [9.17, 15) is 17.6 Å². The number of halogens is 1. The van der Waals surface area contributed by atoms with Crippen molar-refractivity contribution >= 4 is 21.9 Å². The van der Waals surface area contributed by atoms with Crippen LogP contribution in [-0.4, -0.2) is 66.7 Å². The minimum absolute atomic E-state index is 0.0221. The summed E-state index contributed by atoms with van der Waals surface area (Å²) in [4.78, 5) is 23.0. The summed E-state index contributed by atoms with van der Waals surface area (Å²) in [5.74, 6) is -0.208. The molecular formula is C31H40FN5O4S. The molecule has 0 fully saturated rings. The Balaban J connectivity index is 1.92. The van der Waals surface area contributed by atoms with Gasteiger partial charge in [0.25, 0.3) is 15.9 Å². The summed E-state index contributed by atoms with van der Waals surface area (Å²) in [6.07, 6.45) is 2.19. The molecule has 1 aromatic heterocycles. The van der Waals surface area contributed by atoms with Crippen molar-refractivity contribution in [2.75, 3.05) is 31.1 Å². The van der Waals surface area contributed by atoms with Crippen molar-refractivity contribution in [1.82, 2.24) is 20.0 Å². The van der Waals surface area contributed by atoms with Gasteiger partial charge in [-0.3, -0.25) is 9.80 Å². The van der Waals surface area contributed by atoms with Gasteiger partial charge in [-0.05, 0) is 61.9 Å². The van der Waals surface area contributed by atoms with Crippen LogP contribution in [0.5, 0.6) is 5.88 Å². The summed E-state index contributed by atoms with van der Waals surface area (Å²) in [6, 6.07) is 12.9. The number of hydrogen-bond acceptors (Lipinski definition) is 7. The molecular weight excluding hydrogens is 557 g/mol. The van der Waals surface area contributed by atoms with Crippen molar-refractivity contribution in [3.8, 4) is 17.1 Å². The standard InChI is InChI=1S/C31H40FN5O4S/c1-6-7-15-36(16-14-32)37-25(17-21(2)3)20-41-28-19-27(29-22(4)10-8-11-23(29)5)33-31(34-28)35-42(39,40)26-13-9-12-24(18-26)30(37)38/h8-13,18-19,21,25H,6-7,14-17,20H2,1-5H3,(H,33,34,35)/t25-/m1/s1. The molecule has 2 aromatic carbocycles. The van der Waals surface area contributed by atoms with Crippen LogP contribution in [0, 0.1) is 19.8 Å². The minimum atomic E-state index is -4.17. The number of carbonyl (C=O) groups excluding carboxylic acids is 1. The van der Waals surface area contributed by atoms with E-state index in [1.165, 1.54) is 18.2 Å². The van der Waals surface area contributed by atoms with Crippen LogP contribution < -0.4 is 9.46 Å². The van der Waals surface area contributed by atoms with Crippen LogP contribution in [0.2, 0.25) is 0 Å². The van der Waals surface area contributed by atoms with Gasteiger partial charge in [0.2, 0.25) is 11.8 Å². The van der Waals surface area contributed by atoms with Crippen molar-refractivity contribution in [3.05, 3.63) is 65.2 Å². The third-order valence-corrected chi connectivity index (χ3v) is 8.52. The highest BCUT2D eigenvalue weighted by Crippen LogP contribution is 2.30. The van der Waals surface area contributed by atoms with Gasteiger partial charge >= 0.3 is 0 Å². The Hall–Kier alpha value is -3.57. The number of aryl methyl sites for hydroxylation is 2. The number of unbranched alkanes of at least 4 members (excludes halogenated alkanes) is 1. The van der Waals surface area contributed by atoms with E-state index in [0.717, 1.165) is 29.5 Å². The number of aromatic nitrogens is 2. The second kappa shape index (κ2) is 13.6. The van der Waals surface area contributed by atoms with E-state index in [-0.39, 0.29) is 41.4 Å². The van der Waals surface area contributed by atoms with Crippen molar-refractivity contribution < 1.29 is 22.3 Å². The van der Waals surface area contributed by atoms with Crippen LogP contribution in [0.4, 0.5) is 10.3 Å². The summed E-state index contributed by atoms with van der Waals surface area (Å²) in [5, 5.41) is 3.30. The third-order valence-electron chi connectivity index (χ3n) is 7.20. The number of amides is 1. The number of benzene rings is 2. The number of carbonyl (C=O) groups is 1. The summed E-state index contributed by atoms with van der Waals surface area (Å²) >= 11 is 0. The molecule has 11 heteroatoms. The largest absolute Gasteiger partial charge is 0.475 e. The summed E-state index contributed by atoms with van der Waals surface area (Å²) in [5.41, 5.74) is 3.46. The molecule has 4 rings (SSSR count). The molecule has 0 saturated carbocycles. The molecule has 9 nitrogen and oxygen atoms in total. The molecule has 4 bridgehead atoms. The van der Waals surface area contributed by atoms with E-state index in [1.807, 2.05) is 52.8 Å². The Morgan fingerprint density at radius 2 is 1.81 bits per heavy atom. The van der Waals surface area contributed by atoms with Crippen molar-refractivity contribution in [2.45, 2.75) is 64.8 Å². The lowest BCUT2D eigenvalue weighted by atomic mass is 10.00. The molecule has 1 aliphatic rings. The highest BCUT2D eigenvalue weighted by Gasteiger charge is 2.33. The van der Waals surface area contributed by atoms with E-state index in [2.05, 4.69) is 14.7 Å². The van der Waals surface area contributed by atoms with Crippen LogP contribution in [0.3, 0.4) is 0 Å². The van der Waals surface area contributed by atoms with E-state index in [1.54, 1.807) is 22.2 Å². The SMILES string of the molecule is CCCCN(CCF)N1C(=O)c2cccc(c2)S(=O)(=O)Nc2nc(cc(-c3c(C)cccc3C)n2)OC[C@H]1CC(C)C. The van der Waals surface area contributed by atoms with Gasteiger partial charge < -0.3 is 4.74 Å². The predicted molar refractivity (Wildman–Crippen MR) is 162 cm³/mol. The zero-order valence-corrected chi connectivity index (χ0v) is 25.7. The number of hydrogen-bond donors (Lipinski definition) is 1. The molecule has 1 atom stereocenters. The monoisotopic (exact) mass is 597 g/mol. The number of sulfonamides is 1. The number of ether oxygens (including phenoxy) is 1. The van der Waals surface area contributed by atoms with Crippen LogP contribution in [-0.2, 0) is 10.0 Å². The fourth-order valence-electron chi connectivity index (χ4n) is 5.25. The van der Waals surface area contributed by atoms with E-state index >= 15 is 0 Å². The molecule has 42 heavy (non-hydrogen) atoms. The lowest BCUT2D eigenvalue weighted by Gasteiger charge is -2.40. The molecule has 0 radical (unpaired) electrons. The van der Waals surface area contributed by atoms with Gasteiger partial charge in [-0.25, -0.2) is 27.5 Å². The van der Waals surface area contributed by atoms with Gasteiger partial charge in [-0.15, -0.1) is 0 Å². The van der Waals surface area contributed by atoms with Gasteiger partial charge in [0, 0.05) is 30.3 Å². The lowest BCUT2D eigenvalue weighted by Crippen LogP contribution is -2.55. The van der Waals surface area contributed by atoms with E-state index < -0.39 is 28.6 Å². The maximum Gasteiger partial charge on any atom is 0.268 e. The molecule has 1 amide bonds. The quantitative estimate of drug-likeness (QED) is 0.333. The highest BCUT2D eigenvalue weighted by atomic mass is 32.2. The number of fused-ring (bicyclic) bond motifs is 4. The normalized spacial score (nSPS) is 16.8. The van der Waals surface area contributed by atoms with Gasteiger partial charge in [0.05, 0.1) is 16.6 Å². The fraction of sp³-hybridized carbons (Fsp3) is 0.452. The number of alkyl halides is 1. The zero-order chi connectivity index (χ0) is 30.4.